The number of Topliss-reactive ketones (excluding diaryl/α,β-unsaturated/α-hetero) is 1. The van der Waals surface area contributed by atoms with Crippen molar-refractivity contribution < 1.29 is 14.3 Å². The van der Waals surface area contributed by atoms with E-state index in [2.05, 4.69) is 4.98 Å². The summed E-state index contributed by atoms with van der Waals surface area (Å²) in [5.41, 5.74) is -0.334. The molecule has 116 valence electrons. The molecule has 0 amide bonds. The normalized spacial score (nSPS) is 10.7. The molecule has 2 aromatic heterocycles. The Morgan fingerprint density at radius 2 is 1.96 bits per heavy atom. The number of fused-ring (bicyclic) bond motifs is 1. The molecule has 0 unspecified atom stereocenters. The van der Waals surface area contributed by atoms with E-state index in [1.807, 2.05) is 13.0 Å². The van der Waals surface area contributed by atoms with E-state index in [4.69, 9.17) is 4.74 Å². The van der Waals surface area contributed by atoms with Crippen LogP contribution >= 0.6 is 11.3 Å². The lowest BCUT2D eigenvalue weighted by atomic mass is 10.1. The molecule has 0 aliphatic carbocycles. The second-order valence-corrected chi connectivity index (χ2v) is 6.30. The number of thiophene rings is 1. The summed E-state index contributed by atoms with van der Waals surface area (Å²) in [6, 6.07) is 12.0. The minimum absolute atomic E-state index is 0.0314. The van der Waals surface area contributed by atoms with E-state index in [9.17, 15) is 14.4 Å². The van der Waals surface area contributed by atoms with Crippen molar-refractivity contribution in [2.24, 2.45) is 0 Å². The van der Waals surface area contributed by atoms with Crippen LogP contribution < -0.4 is 5.56 Å². The maximum Gasteiger partial charge on any atom is 0.355 e. The highest BCUT2D eigenvalue weighted by Gasteiger charge is 2.15. The highest BCUT2D eigenvalue weighted by Crippen LogP contribution is 2.16. The molecule has 0 aliphatic heterocycles. The smallest absolute Gasteiger partial charge is 0.355 e. The highest BCUT2D eigenvalue weighted by atomic mass is 32.1. The average molecular weight is 327 g/mol. The van der Waals surface area contributed by atoms with Gasteiger partial charge in [-0.05, 0) is 36.6 Å². The van der Waals surface area contributed by atoms with Gasteiger partial charge in [0.15, 0.2) is 6.61 Å². The van der Waals surface area contributed by atoms with E-state index >= 15 is 0 Å². The average Bonchev–Trinajstić information content (AvgIpc) is 2.99. The standard InChI is InChI=1S/C17H13NO4S/c1-10-6-7-15(23-10)14(19)9-22-17(21)13-8-11-4-2-3-5-12(11)16(20)18-13/h2-8H,9H2,1H3,(H,18,20). The highest BCUT2D eigenvalue weighted by molar-refractivity contribution is 7.14. The molecule has 0 spiro atoms. The number of esters is 1. The van der Waals surface area contributed by atoms with Gasteiger partial charge in [0.25, 0.3) is 5.56 Å². The van der Waals surface area contributed by atoms with Crippen LogP contribution in [-0.2, 0) is 4.74 Å². The third-order valence-electron chi connectivity index (χ3n) is 3.32. The minimum atomic E-state index is -0.727. The fourth-order valence-electron chi connectivity index (χ4n) is 2.19. The van der Waals surface area contributed by atoms with Gasteiger partial charge in [0.1, 0.15) is 5.69 Å². The first-order chi connectivity index (χ1) is 11.0. The molecule has 6 heteroatoms. The van der Waals surface area contributed by atoms with Gasteiger partial charge in [0.2, 0.25) is 5.78 Å². The SMILES string of the molecule is Cc1ccc(C(=O)COC(=O)c2cc3ccccc3c(=O)[nH]2)s1. The zero-order chi connectivity index (χ0) is 16.4. The number of pyridine rings is 1. The zero-order valence-corrected chi connectivity index (χ0v) is 13.1. The molecular formula is C17H13NO4S. The second kappa shape index (κ2) is 6.18. The second-order valence-electron chi connectivity index (χ2n) is 5.01. The van der Waals surface area contributed by atoms with Crippen LogP contribution in [0.25, 0.3) is 10.8 Å². The van der Waals surface area contributed by atoms with Gasteiger partial charge >= 0.3 is 5.97 Å². The van der Waals surface area contributed by atoms with Crippen molar-refractivity contribution in [2.75, 3.05) is 6.61 Å². The Bertz CT molecular complexity index is 954. The van der Waals surface area contributed by atoms with Crippen LogP contribution in [0.1, 0.15) is 25.0 Å². The predicted molar refractivity (Wildman–Crippen MR) is 88.2 cm³/mol. The lowest BCUT2D eigenvalue weighted by molar-refractivity contribution is 0.0470. The van der Waals surface area contributed by atoms with Crippen molar-refractivity contribution in [1.82, 2.24) is 4.98 Å². The van der Waals surface area contributed by atoms with Crippen LogP contribution in [0.4, 0.5) is 0 Å². The summed E-state index contributed by atoms with van der Waals surface area (Å²) in [5.74, 6) is -0.992. The number of nitrogens with one attached hydrogen (secondary N) is 1. The topological polar surface area (TPSA) is 76.2 Å². The zero-order valence-electron chi connectivity index (χ0n) is 12.3. The maximum absolute atomic E-state index is 12.0. The monoisotopic (exact) mass is 327 g/mol. The van der Waals surface area contributed by atoms with Gasteiger partial charge in [-0.1, -0.05) is 18.2 Å². The van der Waals surface area contributed by atoms with E-state index < -0.39 is 5.97 Å². The first-order valence-corrected chi connectivity index (χ1v) is 7.75. The van der Waals surface area contributed by atoms with Crippen molar-refractivity contribution in [3.8, 4) is 0 Å². The number of aryl methyl sites for hydroxylation is 1. The minimum Gasteiger partial charge on any atom is -0.453 e. The lowest BCUT2D eigenvalue weighted by Gasteiger charge is -2.04. The number of rotatable bonds is 4. The Labute approximate surface area is 135 Å². The van der Waals surface area contributed by atoms with Crippen LogP contribution in [0.5, 0.6) is 0 Å². The summed E-state index contributed by atoms with van der Waals surface area (Å²) >= 11 is 1.35. The fraction of sp³-hybridized carbons (Fsp3) is 0.118. The number of hydrogen-bond donors (Lipinski definition) is 1. The van der Waals surface area contributed by atoms with Gasteiger partial charge in [0.05, 0.1) is 4.88 Å². The molecule has 0 saturated carbocycles. The number of carbonyl (C=O) groups excluding carboxylic acids is 2. The molecule has 0 bridgehead atoms. The van der Waals surface area contributed by atoms with Crippen molar-refractivity contribution in [2.45, 2.75) is 6.92 Å². The molecule has 3 rings (SSSR count). The molecule has 1 N–H and O–H groups in total. The molecule has 0 aliphatic rings. The third-order valence-corrected chi connectivity index (χ3v) is 4.36. The number of hydrogen-bond acceptors (Lipinski definition) is 5. The van der Waals surface area contributed by atoms with E-state index in [0.29, 0.717) is 15.6 Å². The number of aromatic nitrogens is 1. The van der Waals surface area contributed by atoms with Gasteiger partial charge in [-0.25, -0.2) is 4.79 Å². The molecule has 2 heterocycles. The number of ketones is 1. The van der Waals surface area contributed by atoms with Gasteiger partial charge in [-0.15, -0.1) is 11.3 Å². The first kappa shape index (κ1) is 15.2. The maximum atomic E-state index is 12.0. The van der Waals surface area contributed by atoms with Crippen molar-refractivity contribution in [1.29, 1.82) is 0 Å². The Morgan fingerprint density at radius 1 is 1.17 bits per heavy atom. The number of benzene rings is 1. The number of H-pyrrole nitrogens is 1. The molecule has 3 aromatic rings. The van der Waals surface area contributed by atoms with E-state index in [1.54, 1.807) is 36.4 Å². The molecule has 0 fully saturated rings. The summed E-state index contributed by atoms with van der Waals surface area (Å²) in [5, 5.41) is 1.14. The van der Waals surface area contributed by atoms with Crippen LogP contribution in [0, 0.1) is 6.92 Å². The molecule has 23 heavy (non-hydrogen) atoms. The Balaban J connectivity index is 1.76. The summed E-state index contributed by atoms with van der Waals surface area (Å²) in [4.78, 5) is 39.9. The molecular weight excluding hydrogens is 314 g/mol. The molecule has 1 aromatic carbocycles. The quantitative estimate of drug-likeness (QED) is 0.590. The molecule has 0 atom stereocenters. The van der Waals surface area contributed by atoms with Crippen LogP contribution in [0.3, 0.4) is 0 Å². The predicted octanol–water partition coefficient (Wildman–Crippen LogP) is 2.94. The van der Waals surface area contributed by atoms with E-state index in [-0.39, 0.29) is 23.6 Å². The van der Waals surface area contributed by atoms with Crippen LogP contribution in [0.15, 0.2) is 47.3 Å². The Kier molecular flexibility index (Phi) is 4.08. The van der Waals surface area contributed by atoms with Crippen LogP contribution in [0.2, 0.25) is 0 Å². The summed E-state index contributed by atoms with van der Waals surface area (Å²) < 4.78 is 5.01. The number of carbonyl (C=O) groups is 2. The van der Waals surface area contributed by atoms with Crippen molar-refractivity contribution in [3.63, 3.8) is 0 Å². The largest absolute Gasteiger partial charge is 0.453 e. The summed E-state index contributed by atoms with van der Waals surface area (Å²) in [6.07, 6.45) is 0. The van der Waals surface area contributed by atoms with E-state index in [1.165, 1.54) is 11.3 Å². The van der Waals surface area contributed by atoms with Gasteiger partial charge in [-0.3, -0.25) is 9.59 Å². The molecule has 0 radical (unpaired) electrons. The van der Waals surface area contributed by atoms with Crippen molar-refractivity contribution in [3.05, 3.63) is 68.3 Å². The van der Waals surface area contributed by atoms with Crippen molar-refractivity contribution >= 4 is 33.9 Å². The summed E-state index contributed by atoms with van der Waals surface area (Å²) in [7, 11) is 0. The Morgan fingerprint density at radius 3 is 2.70 bits per heavy atom. The third kappa shape index (κ3) is 3.22. The van der Waals surface area contributed by atoms with Crippen LogP contribution in [-0.4, -0.2) is 23.3 Å². The molecule has 0 saturated heterocycles. The fourth-order valence-corrected chi connectivity index (χ4v) is 2.98. The molecule has 5 nitrogen and oxygen atoms in total. The van der Waals surface area contributed by atoms with Gasteiger partial charge in [0, 0.05) is 10.3 Å². The number of ether oxygens (including phenoxy) is 1. The first-order valence-electron chi connectivity index (χ1n) is 6.93. The Hall–Kier alpha value is -2.73. The summed E-state index contributed by atoms with van der Waals surface area (Å²) in [6.45, 7) is 1.54. The van der Waals surface area contributed by atoms with Gasteiger partial charge < -0.3 is 9.72 Å². The lowest BCUT2D eigenvalue weighted by Crippen LogP contribution is -2.18. The number of aromatic amines is 1. The van der Waals surface area contributed by atoms with Gasteiger partial charge in [-0.2, -0.15) is 0 Å². The van der Waals surface area contributed by atoms with E-state index in [0.717, 1.165) is 4.88 Å².